The Morgan fingerprint density at radius 3 is 2.55 bits per heavy atom. The van der Waals surface area contributed by atoms with Crippen LogP contribution in [0.4, 0.5) is 0 Å². The number of aryl methyl sites for hydroxylation is 2. The van der Waals surface area contributed by atoms with Crippen molar-refractivity contribution in [3.05, 3.63) is 60.4 Å². The average molecular weight is 282 g/mol. The van der Waals surface area contributed by atoms with Gasteiger partial charge in [0.05, 0.1) is 11.0 Å². The van der Waals surface area contributed by atoms with E-state index >= 15 is 0 Å². The van der Waals surface area contributed by atoms with Crippen LogP contribution in [0.3, 0.4) is 0 Å². The fraction of sp³-hybridized carbons (Fsp3) is 0.235. The summed E-state index contributed by atoms with van der Waals surface area (Å²) in [7, 11) is 0. The van der Waals surface area contributed by atoms with Crippen molar-refractivity contribution in [3.63, 3.8) is 0 Å². The second kappa shape index (κ2) is 6.14. The van der Waals surface area contributed by atoms with Crippen LogP contribution in [0.2, 0.25) is 0 Å². The van der Waals surface area contributed by atoms with Crippen molar-refractivity contribution in [2.24, 2.45) is 0 Å². The van der Waals surface area contributed by atoms with Crippen LogP contribution in [-0.2, 0) is 13.0 Å². The standard InChI is InChI=1S/C17H18N2S/c1-2-17-18-15-10-6-7-11-16(15)19(17)12-13-20-14-8-4-3-5-9-14/h3-11H,2,12-13H2,1H3. The average Bonchev–Trinajstić information content (AvgIpc) is 2.87. The maximum atomic E-state index is 4.71. The van der Waals surface area contributed by atoms with Gasteiger partial charge < -0.3 is 4.57 Å². The summed E-state index contributed by atoms with van der Waals surface area (Å²) in [5.41, 5.74) is 2.35. The van der Waals surface area contributed by atoms with Crippen LogP contribution in [0.25, 0.3) is 11.0 Å². The largest absolute Gasteiger partial charge is 0.327 e. The first-order valence-corrected chi connectivity index (χ1v) is 7.99. The number of hydrogen-bond acceptors (Lipinski definition) is 2. The van der Waals surface area contributed by atoms with Gasteiger partial charge in [0.15, 0.2) is 0 Å². The maximum Gasteiger partial charge on any atom is 0.109 e. The summed E-state index contributed by atoms with van der Waals surface area (Å²) < 4.78 is 2.35. The smallest absolute Gasteiger partial charge is 0.109 e. The molecule has 3 aromatic rings. The summed E-state index contributed by atoms with van der Waals surface area (Å²) >= 11 is 1.90. The molecular formula is C17H18N2S. The molecule has 0 fully saturated rings. The van der Waals surface area contributed by atoms with Gasteiger partial charge >= 0.3 is 0 Å². The highest BCUT2D eigenvalue weighted by molar-refractivity contribution is 7.99. The molecule has 0 saturated carbocycles. The first kappa shape index (κ1) is 13.3. The Kier molecular flexibility index (Phi) is 4.07. The van der Waals surface area contributed by atoms with Crippen LogP contribution in [0.1, 0.15) is 12.7 Å². The summed E-state index contributed by atoms with van der Waals surface area (Å²) in [5, 5.41) is 0. The van der Waals surface area contributed by atoms with E-state index in [1.807, 2.05) is 11.8 Å². The molecule has 3 rings (SSSR count). The van der Waals surface area contributed by atoms with Gasteiger partial charge in [-0.15, -0.1) is 11.8 Å². The third-order valence-electron chi connectivity index (χ3n) is 3.38. The van der Waals surface area contributed by atoms with Crippen molar-refractivity contribution in [1.82, 2.24) is 9.55 Å². The van der Waals surface area contributed by atoms with Crippen molar-refractivity contribution in [2.45, 2.75) is 24.8 Å². The Morgan fingerprint density at radius 1 is 1.00 bits per heavy atom. The van der Waals surface area contributed by atoms with E-state index in [1.165, 1.54) is 16.2 Å². The molecule has 20 heavy (non-hydrogen) atoms. The van der Waals surface area contributed by atoms with Gasteiger partial charge in [-0.3, -0.25) is 0 Å². The Hall–Kier alpha value is -1.74. The topological polar surface area (TPSA) is 17.8 Å². The lowest BCUT2D eigenvalue weighted by Gasteiger charge is -2.08. The van der Waals surface area contributed by atoms with Crippen molar-refractivity contribution >= 4 is 22.8 Å². The van der Waals surface area contributed by atoms with E-state index in [1.54, 1.807) is 0 Å². The molecule has 0 saturated heterocycles. The van der Waals surface area contributed by atoms with Gasteiger partial charge in [0, 0.05) is 23.6 Å². The van der Waals surface area contributed by atoms with Gasteiger partial charge in [-0.1, -0.05) is 37.3 Å². The summed E-state index contributed by atoms with van der Waals surface area (Å²) in [5.74, 6) is 2.25. The number of nitrogens with zero attached hydrogens (tertiary/aromatic N) is 2. The highest BCUT2D eigenvalue weighted by atomic mass is 32.2. The van der Waals surface area contributed by atoms with Gasteiger partial charge in [0.1, 0.15) is 5.82 Å². The highest BCUT2D eigenvalue weighted by Crippen LogP contribution is 2.20. The molecule has 0 amide bonds. The molecule has 0 aliphatic carbocycles. The third kappa shape index (κ3) is 2.73. The molecule has 3 heteroatoms. The third-order valence-corrected chi connectivity index (χ3v) is 4.37. The summed E-state index contributed by atoms with van der Waals surface area (Å²) in [6.45, 7) is 3.17. The summed E-state index contributed by atoms with van der Waals surface area (Å²) in [6, 6.07) is 19.0. The normalized spacial score (nSPS) is 11.1. The second-order valence-electron chi connectivity index (χ2n) is 4.68. The Morgan fingerprint density at radius 2 is 1.75 bits per heavy atom. The fourth-order valence-corrected chi connectivity index (χ4v) is 3.28. The maximum absolute atomic E-state index is 4.71. The number of fused-ring (bicyclic) bond motifs is 1. The molecule has 2 nitrogen and oxygen atoms in total. The van der Waals surface area contributed by atoms with Gasteiger partial charge in [-0.05, 0) is 24.3 Å². The highest BCUT2D eigenvalue weighted by Gasteiger charge is 2.08. The van der Waals surface area contributed by atoms with E-state index in [0.717, 1.165) is 24.2 Å². The molecule has 0 aliphatic rings. The van der Waals surface area contributed by atoms with E-state index in [4.69, 9.17) is 4.98 Å². The number of rotatable bonds is 5. The van der Waals surface area contributed by atoms with Gasteiger partial charge in [-0.25, -0.2) is 4.98 Å². The van der Waals surface area contributed by atoms with E-state index in [-0.39, 0.29) is 0 Å². The first-order valence-electron chi connectivity index (χ1n) is 7.00. The second-order valence-corrected chi connectivity index (χ2v) is 5.85. The SMILES string of the molecule is CCc1nc2ccccc2n1CCSc1ccccc1. The number of para-hydroxylation sites is 2. The van der Waals surface area contributed by atoms with Crippen molar-refractivity contribution in [2.75, 3.05) is 5.75 Å². The molecule has 0 atom stereocenters. The number of hydrogen-bond donors (Lipinski definition) is 0. The minimum atomic E-state index is 0.977. The number of thioether (sulfide) groups is 1. The fourth-order valence-electron chi connectivity index (χ4n) is 2.42. The van der Waals surface area contributed by atoms with Crippen LogP contribution in [0, 0.1) is 0 Å². The zero-order chi connectivity index (χ0) is 13.8. The Bertz CT molecular complexity index is 689. The summed E-state index contributed by atoms with van der Waals surface area (Å²) in [6.07, 6.45) is 0.977. The van der Waals surface area contributed by atoms with Gasteiger partial charge in [0.25, 0.3) is 0 Å². The van der Waals surface area contributed by atoms with Crippen LogP contribution >= 0.6 is 11.8 Å². The van der Waals surface area contributed by atoms with Gasteiger partial charge in [-0.2, -0.15) is 0 Å². The van der Waals surface area contributed by atoms with Crippen LogP contribution in [0.5, 0.6) is 0 Å². The molecule has 102 valence electrons. The predicted molar refractivity (Wildman–Crippen MR) is 86.3 cm³/mol. The monoisotopic (exact) mass is 282 g/mol. The van der Waals surface area contributed by atoms with Crippen LogP contribution in [0.15, 0.2) is 59.5 Å². The zero-order valence-corrected chi connectivity index (χ0v) is 12.4. The summed E-state index contributed by atoms with van der Waals surface area (Å²) in [4.78, 5) is 6.04. The molecule has 0 N–H and O–H groups in total. The first-order chi connectivity index (χ1) is 9.88. The number of aromatic nitrogens is 2. The Balaban J connectivity index is 1.77. The minimum Gasteiger partial charge on any atom is -0.327 e. The van der Waals surface area contributed by atoms with E-state index in [9.17, 15) is 0 Å². The van der Waals surface area contributed by atoms with E-state index in [0.29, 0.717) is 0 Å². The van der Waals surface area contributed by atoms with Crippen molar-refractivity contribution < 1.29 is 0 Å². The van der Waals surface area contributed by atoms with E-state index in [2.05, 4.69) is 66.1 Å². The molecule has 0 bridgehead atoms. The number of imidazole rings is 1. The predicted octanol–water partition coefficient (Wildman–Crippen LogP) is 4.39. The van der Waals surface area contributed by atoms with Crippen LogP contribution < -0.4 is 0 Å². The molecule has 0 radical (unpaired) electrons. The lowest BCUT2D eigenvalue weighted by molar-refractivity contribution is 0.732. The molecule has 0 aliphatic heterocycles. The van der Waals surface area contributed by atoms with Gasteiger partial charge in [0.2, 0.25) is 0 Å². The zero-order valence-electron chi connectivity index (χ0n) is 11.6. The van der Waals surface area contributed by atoms with Crippen LogP contribution in [-0.4, -0.2) is 15.3 Å². The van der Waals surface area contributed by atoms with E-state index < -0.39 is 0 Å². The molecule has 0 unspecified atom stereocenters. The van der Waals surface area contributed by atoms with Crippen molar-refractivity contribution in [1.29, 1.82) is 0 Å². The molecular weight excluding hydrogens is 264 g/mol. The molecule has 2 aromatic carbocycles. The minimum absolute atomic E-state index is 0.977. The Labute approximate surface area is 123 Å². The molecule has 1 aromatic heterocycles. The lowest BCUT2D eigenvalue weighted by Crippen LogP contribution is -2.04. The molecule has 1 heterocycles. The lowest BCUT2D eigenvalue weighted by atomic mass is 10.3. The quantitative estimate of drug-likeness (QED) is 0.646. The number of benzene rings is 2. The molecule has 0 spiro atoms. The van der Waals surface area contributed by atoms with Crippen molar-refractivity contribution in [3.8, 4) is 0 Å².